The molecule has 0 aromatic heterocycles. The zero-order valence-corrected chi connectivity index (χ0v) is 15.2. The SMILES string of the molecule is NCc1ccc(Br)c(S(=O)(=O)Nc2ccc(F)cc2I)c1. The number of anilines is 1. The van der Waals surface area contributed by atoms with Gasteiger partial charge in [0.05, 0.1) is 5.69 Å². The molecule has 0 radical (unpaired) electrons. The average Bonchev–Trinajstić information content (AvgIpc) is 2.42. The minimum absolute atomic E-state index is 0.0885. The Bertz CT molecular complexity index is 784. The van der Waals surface area contributed by atoms with Gasteiger partial charge in [-0.2, -0.15) is 0 Å². The van der Waals surface area contributed by atoms with Crippen molar-refractivity contribution < 1.29 is 12.8 Å². The number of hydrogen-bond donors (Lipinski definition) is 2. The van der Waals surface area contributed by atoms with Gasteiger partial charge < -0.3 is 5.73 Å². The third-order valence-corrected chi connectivity index (χ3v) is 5.95. The molecule has 0 atom stereocenters. The van der Waals surface area contributed by atoms with Crippen LogP contribution in [0.3, 0.4) is 0 Å². The van der Waals surface area contributed by atoms with E-state index >= 15 is 0 Å². The molecule has 2 aromatic rings. The molecular weight excluding hydrogens is 474 g/mol. The van der Waals surface area contributed by atoms with Crippen LogP contribution in [0, 0.1) is 9.39 Å². The van der Waals surface area contributed by atoms with Crippen molar-refractivity contribution in [3.8, 4) is 0 Å². The Morgan fingerprint density at radius 1 is 1.24 bits per heavy atom. The Morgan fingerprint density at radius 2 is 1.95 bits per heavy atom. The summed E-state index contributed by atoms with van der Waals surface area (Å²) in [4.78, 5) is 0.0885. The fourth-order valence-electron chi connectivity index (χ4n) is 1.65. The Hall–Kier alpha value is -0.710. The van der Waals surface area contributed by atoms with Gasteiger partial charge in [-0.3, -0.25) is 4.72 Å². The van der Waals surface area contributed by atoms with Gasteiger partial charge >= 0.3 is 0 Å². The van der Waals surface area contributed by atoms with Crippen molar-refractivity contribution in [2.45, 2.75) is 11.4 Å². The van der Waals surface area contributed by atoms with E-state index in [1.54, 1.807) is 12.1 Å². The van der Waals surface area contributed by atoms with E-state index < -0.39 is 15.8 Å². The second kappa shape index (κ2) is 6.59. The van der Waals surface area contributed by atoms with Crippen molar-refractivity contribution in [2.75, 3.05) is 4.72 Å². The van der Waals surface area contributed by atoms with E-state index in [0.29, 0.717) is 19.3 Å². The van der Waals surface area contributed by atoms with Gasteiger partial charge in [-0.1, -0.05) is 6.07 Å². The predicted molar refractivity (Wildman–Crippen MR) is 92.0 cm³/mol. The smallest absolute Gasteiger partial charge is 0.263 e. The van der Waals surface area contributed by atoms with Gasteiger partial charge in [-0.15, -0.1) is 0 Å². The molecule has 0 aliphatic heterocycles. The van der Waals surface area contributed by atoms with Gasteiger partial charge in [0.25, 0.3) is 10.0 Å². The lowest BCUT2D eigenvalue weighted by Gasteiger charge is -2.12. The highest BCUT2D eigenvalue weighted by molar-refractivity contribution is 14.1. The summed E-state index contributed by atoms with van der Waals surface area (Å²) in [6, 6.07) is 8.71. The van der Waals surface area contributed by atoms with Gasteiger partial charge in [0.2, 0.25) is 0 Å². The molecule has 0 bridgehead atoms. The zero-order chi connectivity index (χ0) is 15.6. The summed E-state index contributed by atoms with van der Waals surface area (Å²) >= 11 is 5.09. The Balaban J connectivity index is 2.43. The number of nitrogens with one attached hydrogen (secondary N) is 1. The molecule has 3 N–H and O–H groups in total. The van der Waals surface area contributed by atoms with Crippen molar-refractivity contribution in [3.05, 3.63) is 55.8 Å². The van der Waals surface area contributed by atoms with Crippen molar-refractivity contribution in [1.29, 1.82) is 0 Å². The fourth-order valence-corrected chi connectivity index (χ4v) is 4.54. The summed E-state index contributed by atoms with van der Waals surface area (Å²) < 4.78 is 41.3. The molecule has 2 aromatic carbocycles. The summed E-state index contributed by atoms with van der Waals surface area (Å²) in [5.41, 5.74) is 6.55. The largest absolute Gasteiger partial charge is 0.326 e. The molecule has 0 unspecified atom stereocenters. The van der Waals surface area contributed by atoms with Gasteiger partial charge in [0.1, 0.15) is 10.7 Å². The summed E-state index contributed by atoms with van der Waals surface area (Å²) in [6.07, 6.45) is 0. The quantitative estimate of drug-likeness (QED) is 0.653. The molecule has 4 nitrogen and oxygen atoms in total. The van der Waals surface area contributed by atoms with E-state index in [4.69, 9.17) is 5.73 Å². The number of rotatable bonds is 4. The molecule has 21 heavy (non-hydrogen) atoms. The van der Waals surface area contributed by atoms with E-state index in [2.05, 4.69) is 20.7 Å². The van der Waals surface area contributed by atoms with E-state index in [1.807, 2.05) is 22.6 Å². The summed E-state index contributed by atoms with van der Waals surface area (Å²) in [7, 11) is -3.79. The number of hydrogen-bond acceptors (Lipinski definition) is 3. The highest BCUT2D eigenvalue weighted by Gasteiger charge is 2.19. The first kappa shape index (κ1) is 16.7. The van der Waals surface area contributed by atoms with Crippen LogP contribution in [0.25, 0.3) is 0 Å². The number of nitrogens with two attached hydrogens (primary N) is 1. The topological polar surface area (TPSA) is 72.2 Å². The lowest BCUT2D eigenvalue weighted by Crippen LogP contribution is -2.15. The molecule has 0 amide bonds. The third-order valence-electron chi connectivity index (χ3n) is 2.70. The molecule has 0 saturated heterocycles. The number of halogens is 3. The molecular formula is C13H11BrFIN2O2S. The maximum atomic E-state index is 13.1. The first-order valence-electron chi connectivity index (χ1n) is 5.80. The molecule has 0 spiro atoms. The third kappa shape index (κ3) is 3.93. The Morgan fingerprint density at radius 3 is 2.57 bits per heavy atom. The van der Waals surface area contributed by atoms with Gasteiger partial charge in [0.15, 0.2) is 0 Å². The lowest BCUT2D eigenvalue weighted by molar-refractivity contribution is 0.600. The van der Waals surface area contributed by atoms with E-state index in [0.717, 1.165) is 0 Å². The van der Waals surface area contributed by atoms with Gasteiger partial charge in [-0.05, 0) is 74.4 Å². The molecule has 2 rings (SSSR count). The molecule has 0 aliphatic carbocycles. The van der Waals surface area contributed by atoms with Crippen LogP contribution in [0.2, 0.25) is 0 Å². The van der Waals surface area contributed by atoms with Crippen LogP contribution in [0.1, 0.15) is 5.56 Å². The minimum atomic E-state index is -3.79. The molecule has 112 valence electrons. The second-order valence-corrected chi connectivity index (χ2v) is 7.87. The molecule has 0 aliphatic rings. The van der Waals surface area contributed by atoms with Crippen molar-refractivity contribution in [1.82, 2.24) is 0 Å². The minimum Gasteiger partial charge on any atom is -0.326 e. The van der Waals surface area contributed by atoms with E-state index in [9.17, 15) is 12.8 Å². The summed E-state index contributed by atoms with van der Waals surface area (Å²) in [6.45, 7) is 0.240. The van der Waals surface area contributed by atoms with E-state index in [-0.39, 0.29) is 11.4 Å². The van der Waals surface area contributed by atoms with Crippen LogP contribution in [-0.4, -0.2) is 8.42 Å². The van der Waals surface area contributed by atoms with Gasteiger partial charge in [0, 0.05) is 14.6 Å². The van der Waals surface area contributed by atoms with Crippen LogP contribution < -0.4 is 10.5 Å². The number of benzene rings is 2. The van der Waals surface area contributed by atoms with Crippen LogP contribution in [0.5, 0.6) is 0 Å². The van der Waals surface area contributed by atoms with Crippen LogP contribution >= 0.6 is 38.5 Å². The highest BCUT2D eigenvalue weighted by Crippen LogP contribution is 2.27. The molecule has 0 saturated carbocycles. The molecule has 0 fully saturated rings. The van der Waals surface area contributed by atoms with E-state index in [1.165, 1.54) is 24.3 Å². The fraction of sp³-hybridized carbons (Fsp3) is 0.0769. The average molecular weight is 485 g/mol. The van der Waals surface area contributed by atoms with Gasteiger partial charge in [-0.25, -0.2) is 12.8 Å². The summed E-state index contributed by atoms with van der Waals surface area (Å²) in [5.74, 6) is -0.423. The second-order valence-electron chi connectivity index (χ2n) is 4.20. The van der Waals surface area contributed by atoms with Crippen LogP contribution in [-0.2, 0) is 16.6 Å². The highest BCUT2D eigenvalue weighted by atomic mass is 127. The Labute approximate surface area is 144 Å². The first-order chi connectivity index (χ1) is 9.83. The molecule has 8 heteroatoms. The number of sulfonamides is 1. The van der Waals surface area contributed by atoms with Crippen molar-refractivity contribution in [2.24, 2.45) is 5.73 Å². The van der Waals surface area contributed by atoms with Crippen molar-refractivity contribution in [3.63, 3.8) is 0 Å². The van der Waals surface area contributed by atoms with Crippen LogP contribution in [0.15, 0.2) is 45.8 Å². The standard InChI is InChI=1S/C13H11BrFIN2O2S/c14-10-3-1-8(7-17)5-13(10)21(19,20)18-12-4-2-9(15)6-11(12)16/h1-6,18H,7,17H2. The van der Waals surface area contributed by atoms with Crippen LogP contribution in [0.4, 0.5) is 10.1 Å². The maximum Gasteiger partial charge on any atom is 0.263 e. The maximum absolute atomic E-state index is 13.1. The first-order valence-corrected chi connectivity index (χ1v) is 9.15. The predicted octanol–water partition coefficient (Wildman–Crippen LogP) is 3.45. The normalized spacial score (nSPS) is 11.4. The van der Waals surface area contributed by atoms with Crippen molar-refractivity contribution >= 4 is 54.2 Å². The lowest BCUT2D eigenvalue weighted by atomic mass is 10.2. The summed E-state index contributed by atoms with van der Waals surface area (Å²) in [5, 5.41) is 0. The Kier molecular flexibility index (Phi) is 5.23. The monoisotopic (exact) mass is 484 g/mol. The zero-order valence-electron chi connectivity index (χ0n) is 10.6. The molecule has 0 heterocycles.